The highest BCUT2D eigenvalue weighted by Crippen LogP contribution is 2.35. The van der Waals surface area contributed by atoms with Crippen LogP contribution in [-0.2, 0) is 21.4 Å². The molecular weight excluding hydrogens is 436 g/mol. The van der Waals surface area contributed by atoms with Crippen molar-refractivity contribution in [1.82, 2.24) is 10.1 Å². The Morgan fingerprint density at radius 3 is 2.42 bits per heavy atom. The van der Waals surface area contributed by atoms with Gasteiger partial charge in [-0.05, 0) is 42.4 Å². The summed E-state index contributed by atoms with van der Waals surface area (Å²) < 4.78 is 5.67. The summed E-state index contributed by atoms with van der Waals surface area (Å²) in [6.45, 7) is 13.0. The van der Waals surface area contributed by atoms with Gasteiger partial charge in [-0.15, -0.1) is 0 Å². The van der Waals surface area contributed by atoms with Gasteiger partial charge in [0, 0.05) is 29.5 Å². The van der Waals surface area contributed by atoms with Gasteiger partial charge in [-0.2, -0.15) is 0 Å². The molecule has 1 fully saturated rings. The first-order valence-electron chi connectivity index (χ1n) is 12.1. The smallest absolute Gasteiger partial charge is 0.234 e. The Kier molecular flexibility index (Phi) is 8.04. The molecule has 1 aromatic carbocycles. The first kappa shape index (κ1) is 25.5. The van der Waals surface area contributed by atoms with Gasteiger partial charge in [0.15, 0.2) is 5.78 Å². The molecule has 3 unspecified atom stereocenters. The second-order valence-corrected chi connectivity index (χ2v) is 11.1. The van der Waals surface area contributed by atoms with E-state index >= 15 is 0 Å². The molecule has 1 saturated heterocycles. The van der Waals surface area contributed by atoms with E-state index in [1.807, 2.05) is 49.1 Å². The van der Waals surface area contributed by atoms with Gasteiger partial charge in [0.05, 0.1) is 11.7 Å². The average molecular weight is 473 g/mol. The van der Waals surface area contributed by atoms with Crippen molar-refractivity contribution in [2.45, 2.75) is 84.6 Å². The molecule has 0 N–H and O–H groups in total. The topological polar surface area (TPSA) is 63.4 Å². The van der Waals surface area contributed by atoms with Crippen LogP contribution in [-0.4, -0.2) is 34.3 Å². The Bertz CT molecular complexity index is 958. The summed E-state index contributed by atoms with van der Waals surface area (Å²) in [5.74, 6) is 0.616. The number of hydrogen-bond donors (Lipinski definition) is 0. The van der Waals surface area contributed by atoms with Crippen LogP contribution in [0, 0.1) is 11.8 Å². The Hall–Kier alpha value is -2.14. The van der Waals surface area contributed by atoms with E-state index in [4.69, 9.17) is 16.1 Å². The summed E-state index contributed by atoms with van der Waals surface area (Å²) >= 11 is 5.97. The number of rotatable bonds is 8. The van der Waals surface area contributed by atoms with Crippen LogP contribution in [0.2, 0.25) is 5.02 Å². The predicted octanol–water partition coefficient (Wildman–Crippen LogP) is 6.19. The number of likely N-dealkylation sites (tertiary alicyclic amines) is 1. The molecule has 1 aromatic heterocycles. The molecule has 33 heavy (non-hydrogen) atoms. The Morgan fingerprint density at radius 1 is 1.21 bits per heavy atom. The zero-order valence-electron chi connectivity index (χ0n) is 20.7. The molecule has 2 heterocycles. The fraction of sp³-hybridized carbons (Fsp3) is 0.593. The van der Waals surface area contributed by atoms with Crippen molar-refractivity contribution in [1.29, 1.82) is 0 Å². The quantitative estimate of drug-likeness (QED) is 0.459. The van der Waals surface area contributed by atoms with E-state index in [9.17, 15) is 9.59 Å². The van der Waals surface area contributed by atoms with Gasteiger partial charge in [-0.25, -0.2) is 0 Å². The number of halogens is 1. The van der Waals surface area contributed by atoms with Gasteiger partial charge in [-0.3, -0.25) is 9.59 Å². The Labute approximate surface area is 202 Å². The van der Waals surface area contributed by atoms with E-state index in [1.54, 1.807) is 0 Å². The summed E-state index contributed by atoms with van der Waals surface area (Å²) in [4.78, 5) is 28.9. The highest BCUT2D eigenvalue weighted by atomic mass is 35.5. The molecule has 6 heteroatoms. The summed E-state index contributed by atoms with van der Waals surface area (Å²) in [5.41, 5.74) is 1.75. The normalized spacial score (nSPS) is 19.8. The predicted molar refractivity (Wildman–Crippen MR) is 131 cm³/mol. The maximum absolute atomic E-state index is 13.8. The fourth-order valence-corrected chi connectivity index (χ4v) is 4.68. The molecule has 3 atom stereocenters. The molecular formula is C27H37ClN2O3. The first-order valence-corrected chi connectivity index (χ1v) is 12.4. The third kappa shape index (κ3) is 6.06. The number of nitrogens with zero attached hydrogens (tertiary/aromatic N) is 2. The third-order valence-electron chi connectivity index (χ3n) is 6.73. The average Bonchev–Trinajstić information content (AvgIpc) is 3.40. The van der Waals surface area contributed by atoms with E-state index in [1.165, 1.54) is 0 Å². The number of ketones is 1. The second kappa shape index (κ2) is 10.4. The lowest BCUT2D eigenvalue weighted by molar-refractivity contribution is -0.140. The summed E-state index contributed by atoms with van der Waals surface area (Å²) in [6.07, 6.45) is 2.75. The van der Waals surface area contributed by atoms with E-state index in [-0.39, 0.29) is 29.1 Å². The van der Waals surface area contributed by atoms with Crippen LogP contribution >= 0.6 is 11.6 Å². The standard InChI is InChI=1S/C27H37ClN2O3/c1-7-18-14-21(22(31)13-10-19-8-11-20(28)12-9-19)30(16-18)26(32)25(17(2)3)23-15-24(29-33-23)27(4,5)6/h8-9,11-12,15,17-18,21,25H,7,10,13-14,16H2,1-6H3. The highest BCUT2D eigenvalue weighted by molar-refractivity contribution is 6.30. The number of aryl methyl sites for hydroxylation is 1. The van der Waals surface area contributed by atoms with Crippen molar-refractivity contribution < 1.29 is 14.1 Å². The molecule has 1 aliphatic rings. The lowest BCUT2D eigenvalue weighted by atomic mass is 9.88. The molecule has 1 amide bonds. The third-order valence-corrected chi connectivity index (χ3v) is 6.98. The van der Waals surface area contributed by atoms with Gasteiger partial charge in [-0.1, -0.05) is 76.9 Å². The van der Waals surface area contributed by atoms with Gasteiger partial charge < -0.3 is 9.42 Å². The highest BCUT2D eigenvalue weighted by Gasteiger charge is 2.42. The lowest BCUT2D eigenvalue weighted by Crippen LogP contribution is -2.44. The lowest BCUT2D eigenvalue weighted by Gasteiger charge is -2.29. The van der Waals surface area contributed by atoms with E-state index in [0.717, 1.165) is 24.1 Å². The number of carbonyl (C=O) groups is 2. The van der Waals surface area contributed by atoms with Crippen molar-refractivity contribution in [2.24, 2.45) is 11.8 Å². The summed E-state index contributed by atoms with van der Waals surface area (Å²) in [5, 5.41) is 4.92. The maximum atomic E-state index is 13.8. The summed E-state index contributed by atoms with van der Waals surface area (Å²) in [7, 11) is 0. The van der Waals surface area contributed by atoms with Gasteiger partial charge in [0.1, 0.15) is 11.7 Å². The molecule has 0 aliphatic carbocycles. The van der Waals surface area contributed by atoms with E-state index in [2.05, 4.69) is 32.9 Å². The number of hydrogen-bond acceptors (Lipinski definition) is 4. The molecule has 1 aliphatic heterocycles. The van der Waals surface area contributed by atoms with E-state index in [0.29, 0.717) is 36.1 Å². The van der Waals surface area contributed by atoms with E-state index < -0.39 is 5.92 Å². The van der Waals surface area contributed by atoms with Crippen LogP contribution in [0.4, 0.5) is 0 Å². The minimum absolute atomic E-state index is 0.0256. The molecule has 0 radical (unpaired) electrons. The minimum atomic E-state index is -0.448. The summed E-state index contributed by atoms with van der Waals surface area (Å²) in [6, 6.07) is 9.13. The molecule has 0 saturated carbocycles. The SMILES string of the molecule is CCC1CC(C(=O)CCc2ccc(Cl)cc2)N(C(=O)C(c2cc(C(C)(C)C)no2)C(C)C)C1. The van der Waals surface area contributed by atoms with Gasteiger partial charge in [0.25, 0.3) is 0 Å². The van der Waals surface area contributed by atoms with Crippen LogP contribution in [0.1, 0.15) is 83.7 Å². The largest absolute Gasteiger partial charge is 0.360 e. The van der Waals surface area contributed by atoms with Crippen LogP contribution < -0.4 is 0 Å². The first-order chi connectivity index (χ1) is 15.5. The molecule has 2 aromatic rings. The molecule has 3 rings (SSSR count). The Morgan fingerprint density at radius 2 is 1.88 bits per heavy atom. The van der Waals surface area contributed by atoms with Crippen molar-refractivity contribution in [3.8, 4) is 0 Å². The monoisotopic (exact) mass is 472 g/mol. The molecule has 5 nitrogen and oxygen atoms in total. The number of carbonyl (C=O) groups excluding carboxylic acids is 2. The Balaban J connectivity index is 1.79. The molecule has 0 bridgehead atoms. The number of benzene rings is 1. The van der Waals surface area contributed by atoms with Gasteiger partial charge in [0.2, 0.25) is 5.91 Å². The van der Waals surface area contributed by atoms with Crippen LogP contribution in [0.15, 0.2) is 34.9 Å². The van der Waals surface area contributed by atoms with Crippen molar-refractivity contribution in [3.63, 3.8) is 0 Å². The van der Waals surface area contributed by atoms with Crippen molar-refractivity contribution >= 4 is 23.3 Å². The van der Waals surface area contributed by atoms with Crippen LogP contribution in [0.25, 0.3) is 0 Å². The van der Waals surface area contributed by atoms with Gasteiger partial charge >= 0.3 is 0 Å². The number of aromatic nitrogens is 1. The molecule has 0 spiro atoms. The van der Waals surface area contributed by atoms with Crippen molar-refractivity contribution in [2.75, 3.05) is 6.54 Å². The minimum Gasteiger partial charge on any atom is -0.360 e. The fourth-order valence-electron chi connectivity index (χ4n) is 4.56. The maximum Gasteiger partial charge on any atom is 0.234 e. The van der Waals surface area contributed by atoms with Crippen LogP contribution in [0.3, 0.4) is 0 Å². The van der Waals surface area contributed by atoms with Crippen LogP contribution in [0.5, 0.6) is 0 Å². The second-order valence-electron chi connectivity index (χ2n) is 10.7. The number of Topliss-reactive ketones (excluding diaryl/α,β-unsaturated/α-hetero) is 1. The molecule has 180 valence electrons. The zero-order valence-corrected chi connectivity index (χ0v) is 21.5. The zero-order chi connectivity index (χ0) is 24.3. The van der Waals surface area contributed by atoms with Crippen molar-refractivity contribution in [3.05, 3.63) is 52.4 Å². The number of amides is 1.